The Morgan fingerprint density at radius 3 is 2.76 bits per heavy atom. The molecule has 1 amide bonds. The van der Waals surface area contributed by atoms with E-state index in [4.69, 9.17) is 4.42 Å². The van der Waals surface area contributed by atoms with Crippen LogP contribution in [0, 0.1) is 6.92 Å². The minimum Gasteiger partial charge on any atom is -0.508 e. The number of aliphatic hydroxyl groups excluding tert-OH is 1. The van der Waals surface area contributed by atoms with E-state index in [0.29, 0.717) is 17.7 Å². The highest BCUT2D eigenvalue weighted by Gasteiger charge is 2.17. The molecule has 0 unspecified atom stereocenters. The number of hydrogen-bond donors (Lipinski definition) is 3. The second-order valence-corrected chi connectivity index (χ2v) is 5.20. The van der Waals surface area contributed by atoms with Crippen LogP contribution >= 0.6 is 0 Å². The molecule has 0 spiro atoms. The molecule has 0 aliphatic rings. The average molecular weight is 289 g/mol. The van der Waals surface area contributed by atoms with Crippen molar-refractivity contribution in [2.75, 3.05) is 0 Å². The molecule has 0 fully saturated rings. The fourth-order valence-electron chi connectivity index (χ4n) is 2.19. The third kappa shape index (κ3) is 4.10. The van der Waals surface area contributed by atoms with E-state index in [0.717, 1.165) is 5.56 Å². The van der Waals surface area contributed by atoms with Gasteiger partial charge in [-0.15, -0.1) is 0 Å². The zero-order valence-electron chi connectivity index (χ0n) is 12.0. The van der Waals surface area contributed by atoms with Gasteiger partial charge in [0.05, 0.1) is 6.26 Å². The first-order valence-corrected chi connectivity index (χ1v) is 6.78. The number of aryl methyl sites for hydroxylation is 1. The molecule has 0 radical (unpaired) electrons. The van der Waals surface area contributed by atoms with E-state index >= 15 is 0 Å². The monoisotopic (exact) mass is 289 g/mol. The van der Waals surface area contributed by atoms with Crippen molar-refractivity contribution in [3.8, 4) is 5.75 Å². The van der Waals surface area contributed by atoms with E-state index in [-0.39, 0.29) is 17.7 Å². The van der Waals surface area contributed by atoms with Gasteiger partial charge in [-0.1, -0.05) is 0 Å². The standard InChI is InChI=1S/C16H19NO4/c1-10-6-12(9-13(18)7-10)16(20)17-11(2)8-14(19)15-4-3-5-21-15/h3-7,9,11,14,18-19H,8H2,1-2H3,(H,17,20)/t11-,14-/m1/s1. The number of phenols is 1. The molecule has 21 heavy (non-hydrogen) atoms. The lowest BCUT2D eigenvalue weighted by atomic mass is 10.1. The van der Waals surface area contributed by atoms with E-state index in [9.17, 15) is 15.0 Å². The van der Waals surface area contributed by atoms with Crippen LogP contribution in [0.1, 0.15) is 41.1 Å². The normalized spacial score (nSPS) is 13.7. The quantitative estimate of drug-likeness (QED) is 0.790. The van der Waals surface area contributed by atoms with Crippen LogP contribution in [0.15, 0.2) is 41.0 Å². The zero-order valence-corrected chi connectivity index (χ0v) is 12.0. The first kappa shape index (κ1) is 15.1. The van der Waals surface area contributed by atoms with Gasteiger partial charge in [-0.3, -0.25) is 4.79 Å². The first-order valence-electron chi connectivity index (χ1n) is 6.78. The van der Waals surface area contributed by atoms with Crippen LogP contribution in [0.5, 0.6) is 5.75 Å². The number of aliphatic hydroxyl groups is 1. The van der Waals surface area contributed by atoms with E-state index in [1.807, 2.05) is 0 Å². The molecule has 5 nitrogen and oxygen atoms in total. The molecule has 0 aliphatic carbocycles. The van der Waals surface area contributed by atoms with Crippen molar-refractivity contribution in [3.05, 3.63) is 53.5 Å². The highest BCUT2D eigenvalue weighted by atomic mass is 16.4. The molecule has 1 aromatic heterocycles. The van der Waals surface area contributed by atoms with Crippen LogP contribution < -0.4 is 5.32 Å². The van der Waals surface area contributed by atoms with Gasteiger partial charge in [0.25, 0.3) is 5.91 Å². The number of amides is 1. The third-order valence-electron chi connectivity index (χ3n) is 3.15. The molecule has 1 aromatic carbocycles. The van der Waals surface area contributed by atoms with E-state index in [2.05, 4.69) is 5.32 Å². The van der Waals surface area contributed by atoms with Crippen LogP contribution in [0.3, 0.4) is 0 Å². The molecule has 2 atom stereocenters. The molecule has 5 heteroatoms. The predicted molar refractivity (Wildman–Crippen MR) is 78.1 cm³/mol. The van der Waals surface area contributed by atoms with Crippen LogP contribution in [0.25, 0.3) is 0 Å². The molecule has 0 bridgehead atoms. The number of phenolic OH excluding ortho intramolecular Hbond substituents is 1. The van der Waals surface area contributed by atoms with E-state index in [1.165, 1.54) is 12.3 Å². The minimum absolute atomic E-state index is 0.0587. The molecule has 0 saturated heterocycles. The number of benzene rings is 1. The van der Waals surface area contributed by atoms with Gasteiger partial charge >= 0.3 is 0 Å². The molecule has 1 heterocycles. The number of furan rings is 1. The molecular weight excluding hydrogens is 270 g/mol. The summed E-state index contributed by atoms with van der Waals surface area (Å²) in [5, 5.41) is 22.3. The molecule has 2 aromatic rings. The SMILES string of the molecule is Cc1cc(O)cc(C(=O)N[C@H](C)C[C@@H](O)c2ccco2)c1. The van der Waals surface area contributed by atoms with Gasteiger partial charge in [0.1, 0.15) is 17.6 Å². The van der Waals surface area contributed by atoms with E-state index in [1.54, 1.807) is 38.1 Å². The molecule has 112 valence electrons. The molecular formula is C16H19NO4. The van der Waals surface area contributed by atoms with Crippen molar-refractivity contribution in [2.24, 2.45) is 0 Å². The van der Waals surface area contributed by atoms with E-state index < -0.39 is 6.10 Å². The second kappa shape index (κ2) is 6.45. The Morgan fingerprint density at radius 2 is 2.14 bits per heavy atom. The minimum atomic E-state index is -0.763. The zero-order chi connectivity index (χ0) is 15.4. The summed E-state index contributed by atoms with van der Waals surface area (Å²) in [6.07, 6.45) is 1.08. The first-order chi connectivity index (χ1) is 9.95. The lowest BCUT2D eigenvalue weighted by molar-refractivity contribution is 0.0902. The highest BCUT2D eigenvalue weighted by molar-refractivity contribution is 5.94. The maximum absolute atomic E-state index is 12.1. The Labute approximate surface area is 123 Å². The van der Waals surface area contributed by atoms with Crippen molar-refractivity contribution in [2.45, 2.75) is 32.4 Å². The smallest absolute Gasteiger partial charge is 0.251 e. The van der Waals surface area contributed by atoms with Gasteiger partial charge in [-0.2, -0.15) is 0 Å². The summed E-state index contributed by atoms with van der Waals surface area (Å²) in [7, 11) is 0. The lowest BCUT2D eigenvalue weighted by Crippen LogP contribution is -2.33. The van der Waals surface area contributed by atoms with Crippen LogP contribution in [-0.4, -0.2) is 22.2 Å². The van der Waals surface area contributed by atoms with Crippen molar-refractivity contribution in [1.82, 2.24) is 5.32 Å². The number of rotatable bonds is 5. The summed E-state index contributed by atoms with van der Waals surface area (Å²) < 4.78 is 5.12. The molecule has 3 N–H and O–H groups in total. The van der Waals surface area contributed by atoms with Crippen LogP contribution in [0.4, 0.5) is 0 Å². The largest absolute Gasteiger partial charge is 0.508 e. The summed E-state index contributed by atoms with van der Waals surface area (Å²) in [5.74, 6) is 0.251. The maximum atomic E-state index is 12.1. The number of aromatic hydroxyl groups is 1. The molecule has 0 aliphatic heterocycles. The summed E-state index contributed by atoms with van der Waals surface area (Å²) in [5.41, 5.74) is 1.20. The average Bonchev–Trinajstić information content (AvgIpc) is 2.91. The van der Waals surface area contributed by atoms with Gasteiger partial charge in [-0.05, 0) is 49.7 Å². The number of nitrogens with one attached hydrogen (secondary N) is 1. The third-order valence-corrected chi connectivity index (χ3v) is 3.15. The summed E-state index contributed by atoms with van der Waals surface area (Å²) in [6.45, 7) is 3.61. The fraction of sp³-hybridized carbons (Fsp3) is 0.312. The summed E-state index contributed by atoms with van der Waals surface area (Å²) in [4.78, 5) is 12.1. The number of carbonyl (C=O) groups is 1. The predicted octanol–water partition coefficient (Wildman–Crippen LogP) is 2.54. The van der Waals surface area contributed by atoms with Gasteiger partial charge in [0.2, 0.25) is 0 Å². The van der Waals surface area contributed by atoms with Gasteiger partial charge in [0, 0.05) is 18.0 Å². The lowest BCUT2D eigenvalue weighted by Gasteiger charge is -2.17. The molecule has 0 saturated carbocycles. The van der Waals surface area contributed by atoms with Gasteiger partial charge in [0.15, 0.2) is 0 Å². The fourth-order valence-corrected chi connectivity index (χ4v) is 2.19. The van der Waals surface area contributed by atoms with Gasteiger partial charge < -0.3 is 19.9 Å². The van der Waals surface area contributed by atoms with Crippen molar-refractivity contribution >= 4 is 5.91 Å². The van der Waals surface area contributed by atoms with Crippen LogP contribution in [0.2, 0.25) is 0 Å². The maximum Gasteiger partial charge on any atom is 0.251 e. The second-order valence-electron chi connectivity index (χ2n) is 5.20. The van der Waals surface area contributed by atoms with Crippen LogP contribution in [-0.2, 0) is 0 Å². The van der Waals surface area contributed by atoms with Gasteiger partial charge in [-0.25, -0.2) is 0 Å². The van der Waals surface area contributed by atoms with Crippen molar-refractivity contribution < 1.29 is 19.4 Å². The molecule has 2 rings (SSSR count). The Bertz CT molecular complexity index is 586. The Kier molecular flexibility index (Phi) is 4.65. The number of hydrogen-bond acceptors (Lipinski definition) is 4. The topological polar surface area (TPSA) is 82.7 Å². The Balaban J connectivity index is 1.95. The van der Waals surface area contributed by atoms with Crippen molar-refractivity contribution in [1.29, 1.82) is 0 Å². The highest BCUT2D eigenvalue weighted by Crippen LogP contribution is 2.19. The summed E-state index contributed by atoms with van der Waals surface area (Å²) >= 11 is 0. The summed E-state index contributed by atoms with van der Waals surface area (Å²) in [6, 6.07) is 7.86. The Morgan fingerprint density at radius 1 is 1.38 bits per heavy atom. The number of carbonyl (C=O) groups excluding carboxylic acids is 1. The van der Waals surface area contributed by atoms with Crippen molar-refractivity contribution in [3.63, 3.8) is 0 Å². The Hall–Kier alpha value is -2.27.